The number of aryl methyl sites for hydroxylation is 1. The molecule has 2 aromatic rings. The molecule has 7 heteroatoms. The predicted molar refractivity (Wildman–Crippen MR) is 108 cm³/mol. The van der Waals surface area contributed by atoms with Crippen molar-refractivity contribution in [3.63, 3.8) is 0 Å². The van der Waals surface area contributed by atoms with Crippen LogP contribution in [0.2, 0.25) is 0 Å². The summed E-state index contributed by atoms with van der Waals surface area (Å²) in [6.07, 6.45) is 1.88. The van der Waals surface area contributed by atoms with Crippen LogP contribution in [0.4, 0.5) is 0 Å². The van der Waals surface area contributed by atoms with Crippen molar-refractivity contribution in [2.24, 2.45) is 0 Å². The van der Waals surface area contributed by atoms with Crippen LogP contribution in [0.3, 0.4) is 0 Å². The Bertz CT molecular complexity index is 808. The van der Waals surface area contributed by atoms with Gasteiger partial charge >= 0.3 is 0 Å². The fourth-order valence-corrected chi connectivity index (χ4v) is 4.17. The Hall–Kier alpha value is -2.28. The van der Waals surface area contributed by atoms with Gasteiger partial charge in [-0.2, -0.15) is 0 Å². The number of amides is 2. The second kappa shape index (κ2) is 8.61. The lowest BCUT2D eigenvalue weighted by Crippen LogP contribution is -2.50. The average molecular weight is 387 g/mol. The van der Waals surface area contributed by atoms with Gasteiger partial charge in [-0.1, -0.05) is 41.6 Å². The number of benzene rings is 1. The summed E-state index contributed by atoms with van der Waals surface area (Å²) in [5.74, 6) is 0.542. The van der Waals surface area contributed by atoms with Crippen molar-refractivity contribution < 1.29 is 9.59 Å². The van der Waals surface area contributed by atoms with E-state index >= 15 is 0 Å². The highest BCUT2D eigenvalue weighted by molar-refractivity contribution is 7.99. The summed E-state index contributed by atoms with van der Waals surface area (Å²) in [6.45, 7) is 8.99. The smallest absolute Gasteiger partial charge is 0.233 e. The molecule has 1 aliphatic heterocycles. The molecule has 144 valence electrons. The largest absolute Gasteiger partial charge is 0.339 e. The summed E-state index contributed by atoms with van der Waals surface area (Å²) < 4.78 is 2.15. The molecule has 6 nitrogen and oxygen atoms in total. The molecule has 0 N–H and O–H groups in total. The Morgan fingerprint density at radius 3 is 2.30 bits per heavy atom. The van der Waals surface area contributed by atoms with Crippen molar-refractivity contribution >= 4 is 23.6 Å². The van der Waals surface area contributed by atoms with E-state index in [-0.39, 0.29) is 11.8 Å². The Labute approximate surface area is 164 Å². The summed E-state index contributed by atoms with van der Waals surface area (Å²) in [5.41, 5.74) is 3.43. The molecule has 0 saturated carbocycles. The minimum absolute atomic E-state index is 0.0742. The molecule has 1 aromatic carbocycles. The lowest BCUT2D eigenvalue weighted by molar-refractivity contribution is -0.136. The van der Waals surface area contributed by atoms with Gasteiger partial charge in [-0.3, -0.25) is 9.59 Å². The van der Waals surface area contributed by atoms with Crippen molar-refractivity contribution in [3.05, 3.63) is 36.0 Å². The van der Waals surface area contributed by atoms with Crippen LogP contribution in [0.1, 0.15) is 19.4 Å². The van der Waals surface area contributed by atoms with Crippen LogP contribution in [0.25, 0.3) is 11.3 Å². The minimum Gasteiger partial charge on any atom is -0.339 e. The van der Waals surface area contributed by atoms with Gasteiger partial charge in [0, 0.05) is 39.6 Å². The number of piperazine rings is 1. The zero-order chi connectivity index (χ0) is 19.4. The van der Waals surface area contributed by atoms with Gasteiger partial charge in [-0.05, 0) is 19.4 Å². The number of thioether (sulfide) groups is 1. The molecule has 1 aliphatic rings. The lowest BCUT2D eigenvalue weighted by atomic mass is 10.1. The van der Waals surface area contributed by atoms with E-state index in [0.717, 1.165) is 23.0 Å². The van der Waals surface area contributed by atoms with Crippen molar-refractivity contribution in [1.29, 1.82) is 0 Å². The molecule has 0 bridgehead atoms. The Kier molecular flexibility index (Phi) is 6.21. The van der Waals surface area contributed by atoms with Gasteiger partial charge in [0.25, 0.3) is 0 Å². The third-order valence-corrected chi connectivity index (χ3v) is 5.86. The molecule has 0 aliphatic carbocycles. The van der Waals surface area contributed by atoms with Crippen molar-refractivity contribution in [2.75, 3.05) is 31.9 Å². The standard InChI is InChI=1S/C20H26N4O2S/c1-4-24-18(17-7-5-15(2)6-8-17)13-21-20(24)27-14-19(26)23-11-9-22(10-12-23)16(3)25/h5-8,13H,4,9-12,14H2,1-3H3. The quantitative estimate of drug-likeness (QED) is 0.742. The number of nitrogens with zero attached hydrogens (tertiary/aromatic N) is 4. The zero-order valence-electron chi connectivity index (χ0n) is 16.1. The Balaban J connectivity index is 1.62. The Morgan fingerprint density at radius 1 is 1.07 bits per heavy atom. The molecule has 1 saturated heterocycles. The molecule has 0 spiro atoms. The van der Waals surface area contributed by atoms with Gasteiger partial charge in [-0.25, -0.2) is 4.98 Å². The summed E-state index contributed by atoms with van der Waals surface area (Å²) >= 11 is 1.48. The molecule has 27 heavy (non-hydrogen) atoms. The van der Waals surface area contributed by atoms with Gasteiger partial charge < -0.3 is 14.4 Å². The van der Waals surface area contributed by atoms with Crippen LogP contribution in [-0.4, -0.2) is 63.1 Å². The van der Waals surface area contributed by atoms with Crippen molar-refractivity contribution in [3.8, 4) is 11.3 Å². The maximum atomic E-state index is 12.5. The monoisotopic (exact) mass is 386 g/mol. The number of imidazole rings is 1. The lowest BCUT2D eigenvalue weighted by Gasteiger charge is -2.34. The first-order valence-corrected chi connectivity index (χ1v) is 10.3. The highest BCUT2D eigenvalue weighted by atomic mass is 32.2. The maximum Gasteiger partial charge on any atom is 0.233 e. The summed E-state index contributed by atoms with van der Waals surface area (Å²) in [5, 5.41) is 0.865. The first kappa shape index (κ1) is 19.5. The molecular weight excluding hydrogens is 360 g/mol. The highest BCUT2D eigenvalue weighted by Crippen LogP contribution is 2.26. The number of carbonyl (C=O) groups excluding carboxylic acids is 2. The molecular formula is C20H26N4O2S. The van der Waals surface area contributed by atoms with Gasteiger partial charge in [0.2, 0.25) is 11.8 Å². The van der Waals surface area contributed by atoms with Crippen molar-refractivity contribution in [1.82, 2.24) is 19.4 Å². The fourth-order valence-electron chi connectivity index (χ4n) is 3.22. The van der Waals surface area contributed by atoms with Crippen LogP contribution in [0, 0.1) is 6.92 Å². The van der Waals surface area contributed by atoms with Crippen LogP contribution >= 0.6 is 11.8 Å². The SMILES string of the molecule is CCn1c(-c2ccc(C)cc2)cnc1SCC(=O)N1CCN(C(C)=O)CC1. The van der Waals surface area contributed by atoms with E-state index in [0.29, 0.717) is 31.9 Å². The number of hydrogen-bond acceptors (Lipinski definition) is 4. The first-order valence-electron chi connectivity index (χ1n) is 9.28. The molecule has 0 atom stereocenters. The van der Waals surface area contributed by atoms with Crippen LogP contribution in [0.5, 0.6) is 0 Å². The van der Waals surface area contributed by atoms with Crippen LogP contribution in [0.15, 0.2) is 35.6 Å². The third kappa shape index (κ3) is 4.53. The van der Waals surface area contributed by atoms with Gasteiger partial charge in [0.15, 0.2) is 5.16 Å². The van der Waals surface area contributed by atoms with Gasteiger partial charge in [0.1, 0.15) is 0 Å². The van der Waals surface area contributed by atoms with Gasteiger partial charge in [0.05, 0.1) is 17.6 Å². The van der Waals surface area contributed by atoms with E-state index in [2.05, 4.69) is 47.7 Å². The normalized spacial score (nSPS) is 14.5. The second-order valence-electron chi connectivity index (χ2n) is 6.71. The first-order chi connectivity index (χ1) is 13.0. The van der Waals surface area contributed by atoms with E-state index < -0.39 is 0 Å². The van der Waals surface area contributed by atoms with E-state index in [4.69, 9.17) is 0 Å². The van der Waals surface area contributed by atoms with E-state index in [1.54, 1.807) is 11.8 Å². The Morgan fingerprint density at radius 2 is 1.70 bits per heavy atom. The highest BCUT2D eigenvalue weighted by Gasteiger charge is 2.23. The molecule has 2 heterocycles. The van der Waals surface area contributed by atoms with Crippen LogP contribution < -0.4 is 0 Å². The van der Waals surface area contributed by atoms with Crippen LogP contribution in [-0.2, 0) is 16.1 Å². The molecule has 2 amide bonds. The topological polar surface area (TPSA) is 58.4 Å². The van der Waals surface area contributed by atoms with Crippen molar-refractivity contribution in [2.45, 2.75) is 32.5 Å². The molecule has 1 fully saturated rings. The maximum absolute atomic E-state index is 12.5. The number of hydrogen-bond donors (Lipinski definition) is 0. The van der Waals surface area contributed by atoms with E-state index in [1.165, 1.54) is 17.3 Å². The second-order valence-corrected chi connectivity index (χ2v) is 7.65. The van der Waals surface area contributed by atoms with E-state index in [1.807, 2.05) is 11.1 Å². The van der Waals surface area contributed by atoms with E-state index in [9.17, 15) is 9.59 Å². The molecule has 1 aromatic heterocycles. The summed E-state index contributed by atoms with van der Waals surface area (Å²) in [4.78, 5) is 32.1. The molecule has 0 radical (unpaired) electrons. The predicted octanol–water partition coefficient (Wildman–Crippen LogP) is 2.66. The average Bonchev–Trinajstić information content (AvgIpc) is 3.09. The molecule has 0 unspecified atom stereocenters. The number of aromatic nitrogens is 2. The number of carbonyl (C=O) groups is 2. The fraction of sp³-hybridized carbons (Fsp3) is 0.450. The zero-order valence-corrected chi connectivity index (χ0v) is 17.0. The summed E-state index contributed by atoms with van der Waals surface area (Å²) in [7, 11) is 0. The molecule has 3 rings (SSSR count). The van der Waals surface area contributed by atoms with Gasteiger partial charge in [-0.15, -0.1) is 0 Å². The number of rotatable bonds is 5. The minimum atomic E-state index is 0.0742. The third-order valence-electron chi connectivity index (χ3n) is 4.88. The summed E-state index contributed by atoms with van der Waals surface area (Å²) in [6, 6.07) is 8.40.